The third kappa shape index (κ3) is 3.63. The van der Waals surface area contributed by atoms with Gasteiger partial charge >= 0.3 is 6.36 Å². The lowest BCUT2D eigenvalue weighted by molar-refractivity contribution is -0.274. The zero-order valence-corrected chi connectivity index (χ0v) is 10.8. The average Bonchev–Trinajstić information content (AvgIpc) is 2.37. The summed E-state index contributed by atoms with van der Waals surface area (Å²) in [6.07, 6.45) is -4.75. The maximum absolute atomic E-state index is 13.3. The second-order valence-corrected chi connectivity index (χ2v) is 4.28. The van der Waals surface area contributed by atoms with E-state index >= 15 is 0 Å². The van der Waals surface area contributed by atoms with Gasteiger partial charge < -0.3 is 4.74 Å². The molecule has 0 aliphatic rings. The van der Waals surface area contributed by atoms with Crippen LogP contribution in [0.2, 0.25) is 0 Å². The first-order chi connectivity index (χ1) is 9.39. The second kappa shape index (κ2) is 5.71. The molecule has 0 N–H and O–H groups in total. The summed E-state index contributed by atoms with van der Waals surface area (Å²) in [6, 6.07) is 9.66. The molecule has 0 fully saturated rings. The molecule has 0 atom stereocenters. The Balaban J connectivity index is 2.36. The summed E-state index contributed by atoms with van der Waals surface area (Å²) in [5.74, 6) is -0.795. The van der Waals surface area contributed by atoms with Crippen LogP contribution in [0.5, 0.6) is 5.75 Å². The van der Waals surface area contributed by atoms with Gasteiger partial charge in [0.05, 0.1) is 5.88 Å². The molecule has 0 amide bonds. The Morgan fingerprint density at radius 1 is 1.00 bits per heavy atom. The van der Waals surface area contributed by atoms with Crippen LogP contribution in [0.4, 0.5) is 17.6 Å². The Labute approximate surface area is 117 Å². The molecule has 20 heavy (non-hydrogen) atoms. The normalized spacial score (nSPS) is 11.4. The molecule has 0 bridgehead atoms. The Hall–Kier alpha value is -1.75. The average molecular weight is 305 g/mol. The minimum Gasteiger partial charge on any atom is -0.406 e. The van der Waals surface area contributed by atoms with Gasteiger partial charge in [0.25, 0.3) is 0 Å². The van der Waals surface area contributed by atoms with Crippen molar-refractivity contribution in [3.8, 4) is 16.9 Å². The molecule has 0 aliphatic carbocycles. The molecule has 0 aliphatic heterocycles. The van der Waals surface area contributed by atoms with Crippen LogP contribution in [0.15, 0.2) is 42.5 Å². The molecular formula is C14H9ClF4O. The van der Waals surface area contributed by atoms with Gasteiger partial charge in [-0.1, -0.05) is 18.2 Å². The summed E-state index contributed by atoms with van der Waals surface area (Å²) in [6.45, 7) is 0. The molecule has 0 unspecified atom stereocenters. The summed E-state index contributed by atoms with van der Waals surface area (Å²) in [5, 5.41) is 0. The van der Waals surface area contributed by atoms with Gasteiger partial charge in [0.15, 0.2) is 0 Å². The predicted molar refractivity (Wildman–Crippen MR) is 68.1 cm³/mol. The molecule has 0 saturated carbocycles. The molecule has 2 aromatic rings. The van der Waals surface area contributed by atoms with E-state index in [1.54, 1.807) is 6.07 Å². The fourth-order valence-electron chi connectivity index (χ4n) is 1.73. The number of rotatable bonds is 3. The minimum absolute atomic E-state index is 0.0155. The first kappa shape index (κ1) is 14.7. The Bertz CT molecular complexity index is 610. The number of halogens is 5. The van der Waals surface area contributed by atoms with Crippen LogP contribution in [0, 0.1) is 5.82 Å². The third-order valence-electron chi connectivity index (χ3n) is 2.59. The number of ether oxygens (including phenoxy) is 1. The molecule has 0 saturated heterocycles. The number of hydrogen-bond donors (Lipinski definition) is 0. The van der Waals surface area contributed by atoms with E-state index in [0.717, 1.165) is 0 Å². The van der Waals surface area contributed by atoms with E-state index in [-0.39, 0.29) is 17.2 Å². The molecule has 6 heteroatoms. The molecule has 0 aromatic heterocycles. The maximum Gasteiger partial charge on any atom is 0.573 e. The molecule has 0 spiro atoms. The highest BCUT2D eigenvalue weighted by atomic mass is 35.5. The summed E-state index contributed by atoms with van der Waals surface area (Å²) in [7, 11) is 0. The molecule has 106 valence electrons. The highest BCUT2D eigenvalue weighted by molar-refractivity contribution is 6.17. The van der Waals surface area contributed by atoms with Crippen LogP contribution in [0.3, 0.4) is 0 Å². The summed E-state index contributed by atoms with van der Waals surface area (Å²) >= 11 is 5.60. The second-order valence-electron chi connectivity index (χ2n) is 4.02. The number of hydrogen-bond acceptors (Lipinski definition) is 1. The lowest BCUT2D eigenvalue weighted by atomic mass is 10.0. The third-order valence-corrected chi connectivity index (χ3v) is 2.88. The molecule has 2 aromatic carbocycles. The monoisotopic (exact) mass is 304 g/mol. The van der Waals surface area contributed by atoms with Gasteiger partial charge in [0.1, 0.15) is 11.6 Å². The fourth-order valence-corrected chi connectivity index (χ4v) is 1.93. The van der Waals surface area contributed by atoms with Crippen molar-refractivity contribution in [2.24, 2.45) is 0 Å². The fraction of sp³-hybridized carbons (Fsp3) is 0.143. The zero-order chi connectivity index (χ0) is 14.8. The van der Waals surface area contributed by atoms with Crippen LogP contribution in [0.1, 0.15) is 5.56 Å². The topological polar surface area (TPSA) is 9.23 Å². The standard InChI is InChI=1S/C14H9ClF4O/c15-8-11-6-10(4-5-13(11)16)9-2-1-3-12(7-9)20-14(17,18)19/h1-7H,8H2. The number of alkyl halides is 4. The first-order valence-electron chi connectivity index (χ1n) is 5.59. The van der Waals surface area contributed by atoms with Crippen molar-refractivity contribution in [1.29, 1.82) is 0 Å². The van der Waals surface area contributed by atoms with E-state index in [9.17, 15) is 17.6 Å². The summed E-state index contributed by atoms with van der Waals surface area (Å²) in [4.78, 5) is 0. The lowest BCUT2D eigenvalue weighted by Gasteiger charge is -2.10. The smallest absolute Gasteiger partial charge is 0.406 e. The van der Waals surface area contributed by atoms with Crippen molar-refractivity contribution < 1.29 is 22.3 Å². The van der Waals surface area contributed by atoms with E-state index in [0.29, 0.717) is 11.1 Å². The largest absolute Gasteiger partial charge is 0.573 e. The van der Waals surface area contributed by atoms with E-state index in [1.807, 2.05) is 0 Å². The van der Waals surface area contributed by atoms with Gasteiger partial charge in [-0.2, -0.15) is 0 Å². The maximum atomic E-state index is 13.3. The van der Waals surface area contributed by atoms with Crippen LogP contribution in [-0.2, 0) is 5.88 Å². The molecule has 0 radical (unpaired) electrons. The minimum atomic E-state index is -4.75. The van der Waals surface area contributed by atoms with Crippen molar-refractivity contribution in [2.45, 2.75) is 12.2 Å². The predicted octanol–water partition coefficient (Wildman–Crippen LogP) is 5.13. The molecular weight excluding hydrogens is 296 g/mol. The first-order valence-corrected chi connectivity index (χ1v) is 6.13. The van der Waals surface area contributed by atoms with Crippen LogP contribution in [-0.4, -0.2) is 6.36 Å². The van der Waals surface area contributed by atoms with E-state index in [1.165, 1.54) is 36.4 Å². The van der Waals surface area contributed by atoms with Crippen molar-refractivity contribution in [3.05, 3.63) is 53.8 Å². The molecule has 2 rings (SSSR count). The molecule has 0 heterocycles. The van der Waals surface area contributed by atoms with Gasteiger partial charge in [0, 0.05) is 5.56 Å². The highest BCUT2D eigenvalue weighted by Crippen LogP contribution is 2.29. The van der Waals surface area contributed by atoms with Crippen molar-refractivity contribution in [1.82, 2.24) is 0 Å². The van der Waals surface area contributed by atoms with Gasteiger partial charge in [-0.3, -0.25) is 0 Å². The lowest BCUT2D eigenvalue weighted by Crippen LogP contribution is -2.17. The van der Waals surface area contributed by atoms with Gasteiger partial charge in [-0.15, -0.1) is 24.8 Å². The zero-order valence-electron chi connectivity index (χ0n) is 10.0. The number of benzene rings is 2. The van der Waals surface area contributed by atoms with Crippen LogP contribution in [0.25, 0.3) is 11.1 Å². The van der Waals surface area contributed by atoms with Gasteiger partial charge in [0.2, 0.25) is 0 Å². The van der Waals surface area contributed by atoms with Gasteiger partial charge in [-0.25, -0.2) is 4.39 Å². The highest BCUT2D eigenvalue weighted by Gasteiger charge is 2.31. The Morgan fingerprint density at radius 3 is 2.35 bits per heavy atom. The van der Waals surface area contributed by atoms with Crippen LogP contribution >= 0.6 is 11.6 Å². The van der Waals surface area contributed by atoms with E-state index in [2.05, 4.69) is 4.74 Å². The van der Waals surface area contributed by atoms with Crippen molar-refractivity contribution in [2.75, 3.05) is 0 Å². The van der Waals surface area contributed by atoms with E-state index in [4.69, 9.17) is 11.6 Å². The van der Waals surface area contributed by atoms with Gasteiger partial charge in [-0.05, 0) is 35.4 Å². The van der Waals surface area contributed by atoms with Crippen LogP contribution < -0.4 is 4.74 Å². The van der Waals surface area contributed by atoms with Crippen molar-refractivity contribution >= 4 is 11.6 Å². The van der Waals surface area contributed by atoms with Crippen molar-refractivity contribution in [3.63, 3.8) is 0 Å². The van der Waals surface area contributed by atoms with E-state index < -0.39 is 12.2 Å². The summed E-state index contributed by atoms with van der Waals surface area (Å²) < 4.78 is 53.6. The quantitative estimate of drug-likeness (QED) is 0.564. The molecule has 1 nitrogen and oxygen atoms in total. The Kier molecular flexibility index (Phi) is 4.18. The SMILES string of the molecule is Fc1ccc(-c2cccc(OC(F)(F)F)c2)cc1CCl. The Morgan fingerprint density at radius 2 is 1.70 bits per heavy atom. The summed E-state index contributed by atoms with van der Waals surface area (Å²) in [5.41, 5.74) is 1.33.